The maximum atomic E-state index is 13.0. The van der Waals surface area contributed by atoms with Gasteiger partial charge in [-0.3, -0.25) is 9.59 Å². The third-order valence-electron chi connectivity index (χ3n) is 5.64. The van der Waals surface area contributed by atoms with Crippen LogP contribution in [0.15, 0.2) is 66.7 Å². The molecule has 0 spiro atoms. The molecule has 1 saturated heterocycles. The van der Waals surface area contributed by atoms with E-state index >= 15 is 0 Å². The number of carbonyl (C=O) groups excluding carboxylic acids is 2. The molecule has 2 atom stereocenters. The summed E-state index contributed by atoms with van der Waals surface area (Å²) < 4.78 is 12.4. The van der Waals surface area contributed by atoms with Gasteiger partial charge in [-0.15, -0.1) is 10.1 Å². The lowest BCUT2D eigenvalue weighted by Gasteiger charge is -2.15. The largest absolute Gasteiger partial charge is 0.493 e. The van der Waals surface area contributed by atoms with Crippen molar-refractivity contribution < 1.29 is 23.7 Å². The van der Waals surface area contributed by atoms with Crippen molar-refractivity contribution in [2.45, 2.75) is 19.0 Å². The van der Waals surface area contributed by atoms with E-state index in [-0.39, 0.29) is 11.8 Å². The maximum absolute atomic E-state index is 13.0. The minimum Gasteiger partial charge on any atom is -0.493 e. The number of carbonyl (C=O) groups is 2. The van der Waals surface area contributed by atoms with Crippen LogP contribution >= 0.6 is 11.6 Å². The van der Waals surface area contributed by atoms with E-state index in [4.69, 9.17) is 21.1 Å². The Bertz CT molecular complexity index is 1240. The van der Waals surface area contributed by atoms with Gasteiger partial charge in [-0.2, -0.15) is 0 Å². The van der Waals surface area contributed by atoms with Crippen LogP contribution in [-0.2, 0) is 4.79 Å². The molecular formula is C26H25ClN3O4+. The van der Waals surface area contributed by atoms with Crippen LogP contribution in [0.5, 0.6) is 11.5 Å². The zero-order chi connectivity index (χ0) is 24.2. The Hall–Kier alpha value is -3.84. The molecule has 0 aromatic heterocycles. The maximum Gasteiger partial charge on any atom is 0.304 e. The van der Waals surface area contributed by atoms with Crippen molar-refractivity contribution in [3.63, 3.8) is 0 Å². The highest BCUT2D eigenvalue weighted by atomic mass is 35.5. The average molecular weight is 479 g/mol. The molecular weight excluding hydrogens is 454 g/mol. The van der Waals surface area contributed by atoms with E-state index in [1.807, 2.05) is 43.3 Å². The normalized spacial score (nSPS) is 18.5. The van der Waals surface area contributed by atoms with Gasteiger partial charge in [0.25, 0.3) is 5.91 Å². The van der Waals surface area contributed by atoms with Crippen LogP contribution in [0.2, 0.25) is 5.02 Å². The van der Waals surface area contributed by atoms with E-state index < -0.39 is 12.1 Å². The number of halogens is 1. The molecule has 1 fully saturated rings. The van der Waals surface area contributed by atoms with Gasteiger partial charge < -0.3 is 14.8 Å². The van der Waals surface area contributed by atoms with Crippen molar-refractivity contribution in [1.82, 2.24) is 10.7 Å². The number of nitrogens with zero attached hydrogens (tertiary/aromatic N) is 1. The van der Waals surface area contributed by atoms with Gasteiger partial charge >= 0.3 is 5.91 Å². The summed E-state index contributed by atoms with van der Waals surface area (Å²) in [6, 6.07) is 18.6. The first-order valence-corrected chi connectivity index (χ1v) is 11.1. The third kappa shape index (κ3) is 4.89. The second-order valence-corrected chi connectivity index (χ2v) is 8.38. The first-order valence-electron chi connectivity index (χ1n) is 10.7. The van der Waals surface area contributed by atoms with Crippen LogP contribution in [0.4, 0.5) is 0 Å². The number of amides is 2. The van der Waals surface area contributed by atoms with Crippen LogP contribution in [0.1, 0.15) is 33.1 Å². The Morgan fingerprint density at radius 3 is 2.32 bits per heavy atom. The van der Waals surface area contributed by atoms with Crippen LogP contribution in [0.25, 0.3) is 0 Å². The molecule has 0 radical (unpaired) electrons. The highest BCUT2D eigenvalue weighted by molar-refractivity contribution is 6.30. The number of ether oxygens (including phenoxy) is 2. The molecule has 1 aliphatic rings. The van der Waals surface area contributed by atoms with Gasteiger partial charge in [-0.05, 0) is 49.4 Å². The molecule has 8 heteroatoms. The molecule has 3 aromatic carbocycles. The summed E-state index contributed by atoms with van der Waals surface area (Å²) in [6.07, 6.45) is 1.80. The second kappa shape index (κ2) is 9.97. The van der Waals surface area contributed by atoms with E-state index in [9.17, 15) is 9.59 Å². The van der Waals surface area contributed by atoms with Crippen molar-refractivity contribution in [3.05, 3.63) is 94.0 Å². The first-order chi connectivity index (χ1) is 16.4. The molecule has 7 nitrogen and oxygen atoms in total. The summed E-state index contributed by atoms with van der Waals surface area (Å²) in [4.78, 5) is 25.9. The van der Waals surface area contributed by atoms with E-state index in [1.54, 1.807) is 55.5 Å². The molecule has 1 aliphatic heterocycles. The van der Waals surface area contributed by atoms with Crippen molar-refractivity contribution >= 4 is 29.6 Å². The molecule has 34 heavy (non-hydrogen) atoms. The molecule has 0 bridgehead atoms. The van der Waals surface area contributed by atoms with E-state index in [0.29, 0.717) is 22.1 Å². The number of hydrazone groups is 1. The standard InChI is InChI=1S/C26H24ClN3O4/c1-16-4-7-18(8-5-16)24-23(28-25(31)19-9-11-20(27)12-10-19)26(32)29-30(24)15-17-6-13-21(33-2)22(14-17)34-3/h4-15,23-24H,1-3H3,(H-,28,29,31,32)/p+1/b30-15-/t23-,24-/m1/s1. The quantitative estimate of drug-likeness (QED) is 0.530. The van der Waals surface area contributed by atoms with Gasteiger partial charge in [0, 0.05) is 21.7 Å². The SMILES string of the molecule is COc1ccc(/C=[N+]2\NC(=O)[C@H](NC(=O)c3ccc(Cl)cc3)[C@H]2c2ccc(C)cc2)cc1OC. The molecule has 3 aromatic rings. The van der Waals surface area contributed by atoms with Crippen molar-refractivity contribution in [1.29, 1.82) is 0 Å². The molecule has 1 heterocycles. The minimum absolute atomic E-state index is 0.315. The number of hydrogen-bond acceptors (Lipinski definition) is 4. The monoisotopic (exact) mass is 478 g/mol. The number of hydrogen-bond donors (Lipinski definition) is 2. The highest BCUT2D eigenvalue weighted by Gasteiger charge is 2.47. The van der Waals surface area contributed by atoms with Crippen molar-refractivity contribution in [2.24, 2.45) is 0 Å². The van der Waals surface area contributed by atoms with Crippen LogP contribution in [0.3, 0.4) is 0 Å². The first kappa shape index (κ1) is 23.3. The predicted molar refractivity (Wildman–Crippen MR) is 130 cm³/mol. The summed E-state index contributed by atoms with van der Waals surface area (Å²) in [5, 5.41) is 3.41. The lowest BCUT2D eigenvalue weighted by atomic mass is 9.98. The second-order valence-electron chi connectivity index (χ2n) is 7.94. The third-order valence-corrected chi connectivity index (χ3v) is 5.90. The minimum atomic E-state index is -0.817. The molecule has 0 saturated carbocycles. The predicted octanol–water partition coefficient (Wildman–Crippen LogP) is 3.68. The summed E-state index contributed by atoms with van der Waals surface area (Å²) >= 11 is 5.94. The van der Waals surface area contributed by atoms with Gasteiger partial charge in [0.2, 0.25) is 12.3 Å². The van der Waals surface area contributed by atoms with Gasteiger partial charge in [-0.1, -0.05) is 41.4 Å². The van der Waals surface area contributed by atoms with Gasteiger partial charge in [-0.25, -0.2) is 0 Å². The Kier molecular flexibility index (Phi) is 6.84. The fourth-order valence-corrected chi connectivity index (χ4v) is 3.99. The average Bonchev–Trinajstić information content (AvgIpc) is 3.14. The number of hydrazine groups is 1. The summed E-state index contributed by atoms with van der Waals surface area (Å²) in [7, 11) is 3.14. The number of methoxy groups -OCH3 is 2. The molecule has 4 rings (SSSR count). The molecule has 2 amide bonds. The van der Waals surface area contributed by atoms with Crippen molar-refractivity contribution in [3.8, 4) is 11.5 Å². The molecule has 0 unspecified atom stereocenters. The Labute approximate surface area is 202 Å². The number of rotatable bonds is 6. The molecule has 174 valence electrons. The van der Waals surface area contributed by atoms with Gasteiger partial charge in [0.05, 0.1) is 14.2 Å². The van der Waals surface area contributed by atoms with E-state index in [1.165, 1.54) is 0 Å². The number of nitrogens with one attached hydrogen (secondary N) is 2. The zero-order valence-corrected chi connectivity index (χ0v) is 19.8. The van der Waals surface area contributed by atoms with Crippen molar-refractivity contribution in [2.75, 3.05) is 14.2 Å². The summed E-state index contributed by atoms with van der Waals surface area (Å²) in [5.74, 6) is 0.501. The van der Waals surface area contributed by atoms with E-state index in [2.05, 4.69) is 10.7 Å². The number of aryl methyl sites for hydroxylation is 1. The molecule has 0 aliphatic carbocycles. The van der Waals surface area contributed by atoms with E-state index in [0.717, 1.165) is 16.7 Å². The van der Waals surface area contributed by atoms with Crippen LogP contribution in [-0.4, -0.2) is 43.0 Å². The highest BCUT2D eigenvalue weighted by Crippen LogP contribution is 2.29. The zero-order valence-electron chi connectivity index (χ0n) is 19.0. The Morgan fingerprint density at radius 2 is 1.68 bits per heavy atom. The number of benzene rings is 3. The Morgan fingerprint density at radius 1 is 1.00 bits per heavy atom. The van der Waals surface area contributed by atoms with Gasteiger partial charge in [0.1, 0.15) is 0 Å². The van der Waals surface area contributed by atoms with Crippen LogP contribution in [0, 0.1) is 6.92 Å². The lowest BCUT2D eigenvalue weighted by molar-refractivity contribution is -0.596. The smallest absolute Gasteiger partial charge is 0.304 e. The van der Waals surface area contributed by atoms with Gasteiger partial charge in [0.15, 0.2) is 17.5 Å². The summed E-state index contributed by atoms with van der Waals surface area (Å²) in [6.45, 7) is 2.00. The summed E-state index contributed by atoms with van der Waals surface area (Å²) in [5.41, 5.74) is 6.06. The van der Waals surface area contributed by atoms with Crippen LogP contribution < -0.4 is 20.2 Å². The fourth-order valence-electron chi connectivity index (χ4n) is 3.86. The lowest BCUT2D eigenvalue weighted by Crippen LogP contribution is -2.42. The fraction of sp³-hybridized carbons (Fsp3) is 0.192. The molecule has 2 N–H and O–H groups in total. The topological polar surface area (TPSA) is 79.7 Å². The Balaban J connectivity index is 1.71.